The second-order valence-corrected chi connectivity index (χ2v) is 6.96. The minimum atomic E-state index is -0.394. The lowest BCUT2D eigenvalue weighted by molar-refractivity contribution is 0.573. The summed E-state index contributed by atoms with van der Waals surface area (Å²) in [5.74, 6) is 0.695. The van der Waals surface area contributed by atoms with Gasteiger partial charge < -0.3 is 9.73 Å². The van der Waals surface area contributed by atoms with Crippen LogP contribution in [0, 0.1) is 12.7 Å². The molecule has 2 N–H and O–H groups in total. The number of hydrogen-bond donors (Lipinski definition) is 2. The van der Waals surface area contributed by atoms with Crippen molar-refractivity contribution in [1.82, 2.24) is 24.5 Å². The Morgan fingerprint density at radius 1 is 1.14 bits per heavy atom. The molecule has 0 aliphatic heterocycles. The Morgan fingerprint density at radius 3 is 2.89 bits per heavy atom. The van der Waals surface area contributed by atoms with Crippen LogP contribution in [0.5, 0.6) is 0 Å². The number of rotatable bonds is 4. The van der Waals surface area contributed by atoms with Gasteiger partial charge in [0, 0.05) is 34.1 Å². The number of hydrogen-bond acceptors (Lipinski definition) is 7. The zero-order valence-electron chi connectivity index (χ0n) is 14.6. The topological polar surface area (TPSA) is 92.5 Å². The summed E-state index contributed by atoms with van der Waals surface area (Å²) < 4.78 is 24.1. The Morgan fingerprint density at radius 2 is 2.04 bits per heavy atom. The summed E-state index contributed by atoms with van der Waals surface area (Å²) in [5, 5.41) is 10.9. The van der Waals surface area contributed by atoms with Gasteiger partial charge in [0.1, 0.15) is 12.1 Å². The summed E-state index contributed by atoms with van der Waals surface area (Å²) >= 11 is 1.16. The van der Waals surface area contributed by atoms with Crippen LogP contribution >= 0.6 is 11.5 Å². The van der Waals surface area contributed by atoms with E-state index < -0.39 is 5.82 Å². The molecule has 0 saturated heterocycles. The normalized spacial score (nSPS) is 11.2. The van der Waals surface area contributed by atoms with Crippen molar-refractivity contribution in [2.45, 2.75) is 6.92 Å². The Bertz CT molecular complexity index is 1290. The second kappa shape index (κ2) is 6.54. The van der Waals surface area contributed by atoms with Gasteiger partial charge in [-0.2, -0.15) is 14.5 Å². The zero-order valence-corrected chi connectivity index (χ0v) is 15.4. The third-order valence-electron chi connectivity index (χ3n) is 4.18. The Labute approximate surface area is 162 Å². The first-order valence-electron chi connectivity index (χ1n) is 8.42. The summed E-state index contributed by atoms with van der Waals surface area (Å²) in [7, 11) is 0. The van der Waals surface area contributed by atoms with Gasteiger partial charge in [0.25, 0.3) is 0 Å². The van der Waals surface area contributed by atoms with E-state index in [1.54, 1.807) is 18.5 Å². The van der Waals surface area contributed by atoms with E-state index in [0.29, 0.717) is 28.1 Å². The van der Waals surface area contributed by atoms with Crippen LogP contribution < -0.4 is 5.32 Å². The number of aromatic amines is 1. The molecular weight excluding hydrogens is 379 g/mol. The average Bonchev–Trinajstić information content (AvgIpc) is 3.43. The predicted octanol–water partition coefficient (Wildman–Crippen LogP) is 4.93. The van der Waals surface area contributed by atoms with Crippen molar-refractivity contribution in [3.05, 3.63) is 60.4 Å². The molecule has 3 heterocycles. The molecule has 0 unspecified atom stereocenters. The molecule has 5 aromatic rings. The number of oxazole rings is 1. The first-order chi connectivity index (χ1) is 13.7. The maximum atomic E-state index is 14.3. The summed E-state index contributed by atoms with van der Waals surface area (Å²) in [4.78, 5) is 8.82. The number of nitrogens with one attached hydrogen (secondary N) is 2. The smallest absolute Gasteiger partial charge is 0.226 e. The van der Waals surface area contributed by atoms with Crippen LogP contribution in [-0.4, -0.2) is 24.5 Å². The summed E-state index contributed by atoms with van der Waals surface area (Å²) in [5.41, 5.74) is 3.44. The lowest BCUT2D eigenvalue weighted by atomic mass is 10.1. The molecule has 138 valence electrons. The van der Waals surface area contributed by atoms with E-state index in [0.717, 1.165) is 33.7 Å². The molecule has 0 fully saturated rings. The van der Waals surface area contributed by atoms with E-state index in [9.17, 15) is 4.39 Å². The van der Waals surface area contributed by atoms with Crippen molar-refractivity contribution in [1.29, 1.82) is 0 Å². The van der Waals surface area contributed by atoms with Crippen LogP contribution in [-0.2, 0) is 0 Å². The van der Waals surface area contributed by atoms with Crippen LogP contribution in [0.1, 0.15) is 5.69 Å². The quantitative estimate of drug-likeness (QED) is 0.451. The number of fused-ring (bicyclic) bond motifs is 1. The Balaban J connectivity index is 1.43. The molecule has 0 radical (unpaired) electrons. The molecule has 5 rings (SSSR count). The molecule has 0 bridgehead atoms. The molecule has 0 amide bonds. The maximum Gasteiger partial charge on any atom is 0.226 e. The van der Waals surface area contributed by atoms with Crippen molar-refractivity contribution in [3.63, 3.8) is 0 Å². The van der Waals surface area contributed by atoms with Gasteiger partial charge in [0.15, 0.2) is 5.82 Å². The van der Waals surface area contributed by atoms with Gasteiger partial charge >= 0.3 is 0 Å². The number of nitrogens with zero attached hydrogens (tertiary/aromatic N) is 4. The highest BCUT2D eigenvalue weighted by molar-refractivity contribution is 7.09. The molecule has 9 heteroatoms. The Hall–Kier alpha value is -3.59. The average molecular weight is 392 g/mol. The number of aromatic nitrogens is 5. The number of aryl methyl sites for hydroxylation is 1. The van der Waals surface area contributed by atoms with E-state index >= 15 is 0 Å². The number of H-pyrrole nitrogens is 1. The highest BCUT2D eigenvalue weighted by Gasteiger charge is 2.12. The minimum absolute atomic E-state index is 0.320. The molecule has 0 aliphatic carbocycles. The van der Waals surface area contributed by atoms with E-state index in [1.807, 2.05) is 31.2 Å². The van der Waals surface area contributed by atoms with Crippen molar-refractivity contribution in [2.75, 3.05) is 5.32 Å². The van der Waals surface area contributed by atoms with Crippen LogP contribution in [0.3, 0.4) is 0 Å². The van der Waals surface area contributed by atoms with Gasteiger partial charge in [-0.05, 0) is 25.1 Å². The molecule has 0 saturated carbocycles. The third-order valence-corrected chi connectivity index (χ3v) is 4.81. The van der Waals surface area contributed by atoms with Gasteiger partial charge in [-0.3, -0.25) is 5.10 Å². The molecular formula is C19H13FN6OS. The van der Waals surface area contributed by atoms with E-state index in [2.05, 4.69) is 29.9 Å². The summed E-state index contributed by atoms with van der Waals surface area (Å²) in [6.45, 7) is 1.87. The van der Waals surface area contributed by atoms with Gasteiger partial charge in [-0.15, -0.1) is 0 Å². The summed E-state index contributed by atoms with van der Waals surface area (Å²) in [6, 6.07) is 10.7. The standard InChI is InChI=1S/C19H13FN6OS/c1-10-9-27-18(22-10)12-4-2-3-11(5-12)17-24-19(28-26-17)23-16-6-13-8-21-25-15(13)7-14(16)20/h2-9H,1H3,(H,21,25)(H,23,24,26). The van der Waals surface area contributed by atoms with E-state index in [-0.39, 0.29) is 0 Å². The first-order valence-corrected chi connectivity index (χ1v) is 9.19. The SMILES string of the molecule is Cc1coc(-c2cccc(-c3nsc(Nc4cc5cn[nH]c5cc4F)n3)c2)n1. The second-order valence-electron chi connectivity index (χ2n) is 6.21. The highest BCUT2D eigenvalue weighted by atomic mass is 32.1. The fraction of sp³-hybridized carbons (Fsp3) is 0.0526. The van der Waals surface area contributed by atoms with Crippen LogP contribution in [0.2, 0.25) is 0 Å². The lowest BCUT2D eigenvalue weighted by Gasteiger charge is -2.03. The molecule has 2 aromatic carbocycles. The Kier molecular flexibility index (Phi) is 3.87. The van der Waals surface area contributed by atoms with Gasteiger partial charge in [0.05, 0.1) is 23.1 Å². The highest BCUT2D eigenvalue weighted by Crippen LogP contribution is 2.29. The van der Waals surface area contributed by atoms with Crippen LogP contribution in [0.15, 0.2) is 53.3 Å². The van der Waals surface area contributed by atoms with Crippen LogP contribution in [0.4, 0.5) is 15.2 Å². The first kappa shape index (κ1) is 16.6. The molecule has 3 aromatic heterocycles. The van der Waals surface area contributed by atoms with Crippen molar-refractivity contribution < 1.29 is 8.81 Å². The van der Waals surface area contributed by atoms with E-state index in [4.69, 9.17) is 4.42 Å². The van der Waals surface area contributed by atoms with Crippen molar-refractivity contribution in [2.24, 2.45) is 0 Å². The monoisotopic (exact) mass is 392 g/mol. The fourth-order valence-electron chi connectivity index (χ4n) is 2.85. The third kappa shape index (κ3) is 3.01. The number of halogens is 1. The zero-order chi connectivity index (χ0) is 19.1. The predicted molar refractivity (Wildman–Crippen MR) is 105 cm³/mol. The van der Waals surface area contributed by atoms with Crippen LogP contribution in [0.25, 0.3) is 33.7 Å². The van der Waals surface area contributed by atoms with Gasteiger partial charge in [0.2, 0.25) is 11.0 Å². The fourth-order valence-corrected chi connectivity index (χ4v) is 3.45. The lowest BCUT2D eigenvalue weighted by Crippen LogP contribution is -1.93. The van der Waals surface area contributed by atoms with E-state index in [1.165, 1.54) is 6.07 Å². The molecule has 0 aliphatic rings. The molecule has 0 atom stereocenters. The van der Waals surface area contributed by atoms with Crippen molar-refractivity contribution >= 4 is 33.3 Å². The van der Waals surface area contributed by atoms with Gasteiger partial charge in [-0.1, -0.05) is 12.1 Å². The largest absolute Gasteiger partial charge is 0.444 e. The van der Waals surface area contributed by atoms with Crippen molar-refractivity contribution in [3.8, 4) is 22.8 Å². The van der Waals surface area contributed by atoms with Gasteiger partial charge in [-0.25, -0.2) is 9.37 Å². The minimum Gasteiger partial charge on any atom is -0.444 e. The number of benzene rings is 2. The number of anilines is 2. The molecule has 0 spiro atoms. The molecule has 7 nitrogen and oxygen atoms in total. The molecule has 28 heavy (non-hydrogen) atoms. The maximum absolute atomic E-state index is 14.3. The summed E-state index contributed by atoms with van der Waals surface area (Å²) in [6.07, 6.45) is 3.25.